The zero-order chi connectivity index (χ0) is 13.3. The van der Waals surface area contributed by atoms with Crippen LogP contribution in [0.15, 0.2) is 24.4 Å². The number of methoxy groups -OCH3 is 1. The molecule has 4 nitrogen and oxygen atoms in total. The van der Waals surface area contributed by atoms with E-state index >= 15 is 0 Å². The van der Waals surface area contributed by atoms with Gasteiger partial charge in [-0.15, -0.1) is 0 Å². The molecule has 100 valence electrons. The zero-order valence-corrected chi connectivity index (χ0v) is 11.2. The van der Waals surface area contributed by atoms with E-state index in [0.29, 0.717) is 5.88 Å². The first-order chi connectivity index (χ1) is 9.21. The van der Waals surface area contributed by atoms with Crippen LogP contribution in [0.3, 0.4) is 0 Å². The highest BCUT2D eigenvalue weighted by molar-refractivity contribution is 5.75. The number of nitrogens with two attached hydrogens (primary N) is 1. The van der Waals surface area contributed by atoms with Crippen LogP contribution in [0.2, 0.25) is 0 Å². The Kier molecular flexibility index (Phi) is 3.11. The summed E-state index contributed by atoms with van der Waals surface area (Å²) in [5.41, 5.74) is 9.28. The highest BCUT2D eigenvalue weighted by Gasteiger charge is 2.29. The van der Waals surface area contributed by atoms with Crippen LogP contribution < -0.4 is 10.5 Å². The molecule has 4 heteroatoms. The van der Waals surface area contributed by atoms with Gasteiger partial charge in [0.2, 0.25) is 5.88 Å². The third-order valence-electron chi connectivity index (χ3n) is 4.05. The Morgan fingerprint density at radius 3 is 2.68 bits per heavy atom. The Bertz CT molecular complexity index is 591. The minimum Gasteiger partial charge on any atom is -0.480 e. The first-order valence-electron chi connectivity index (χ1n) is 6.81. The number of hydrogen-bond donors (Lipinski definition) is 1. The second-order valence-corrected chi connectivity index (χ2v) is 5.33. The molecule has 1 aliphatic rings. The third-order valence-corrected chi connectivity index (χ3v) is 4.05. The maximum Gasteiger partial charge on any atom is 0.232 e. The molecular weight excluding hydrogens is 238 g/mol. The van der Waals surface area contributed by atoms with Crippen LogP contribution in [0.5, 0.6) is 5.88 Å². The van der Waals surface area contributed by atoms with E-state index in [1.165, 1.54) is 24.8 Å². The van der Waals surface area contributed by atoms with Crippen molar-refractivity contribution in [2.45, 2.75) is 37.6 Å². The Morgan fingerprint density at radius 2 is 1.95 bits per heavy atom. The number of aromatic nitrogens is 2. The molecule has 1 heterocycles. The highest BCUT2D eigenvalue weighted by atomic mass is 16.5. The Hall–Kier alpha value is -1.68. The van der Waals surface area contributed by atoms with Gasteiger partial charge in [0.25, 0.3) is 0 Å². The van der Waals surface area contributed by atoms with Crippen LogP contribution >= 0.6 is 0 Å². The quantitative estimate of drug-likeness (QED) is 0.898. The molecule has 2 N–H and O–H groups in total. The molecule has 2 aromatic rings. The lowest BCUT2D eigenvalue weighted by Crippen LogP contribution is -2.38. The molecule has 0 amide bonds. The summed E-state index contributed by atoms with van der Waals surface area (Å²) in [7, 11) is 1.60. The van der Waals surface area contributed by atoms with Crippen LogP contribution in [0.25, 0.3) is 11.0 Å². The van der Waals surface area contributed by atoms with Crippen molar-refractivity contribution in [2.24, 2.45) is 5.73 Å². The van der Waals surface area contributed by atoms with E-state index in [-0.39, 0.29) is 5.54 Å². The average molecular weight is 257 g/mol. The molecule has 1 aromatic carbocycles. The molecule has 0 bridgehead atoms. The molecule has 0 radical (unpaired) electrons. The SMILES string of the molecule is COc1cnc2cc(C3(N)CCCCC3)ccc2n1. The lowest BCUT2D eigenvalue weighted by Gasteiger charge is -2.34. The third kappa shape index (κ3) is 2.28. The fourth-order valence-electron chi connectivity index (χ4n) is 2.87. The largest absolute Gasteiger partial charge is 0.480 e. The van der Waals surface area contributed by atoms with E-state index in [4.69, 9.17) is 10.5 Å². The smallest absolute Gasteiger partial charge is 0.232 e. The summed E-state index contributed by atoms with van der Waals surface area (Å²) in [6, 6.07) is 6.15. The van der Waals surface area contributed by atoms with Crippen molar-refractivity contribution < 1.29 is 4.74 Å². The van der Waals surface area contributed by atoms with E-state index in [1.807, 2.05) is 6.07 Å². The van der Waals surface area contributed by atoms with Crippen LogP contribution in [0, 0.1) is 0 Å². The maximum absolute atomic E-state index is 6.55. The molecule has 1 fully saturated rings. The van der Waals surface area contributed by atoms with E-state index in [2.05, 4.69) is 22.1 Å². The molecule has 3 rings (SSSR count). The molecule has 1 aromatic heterocycles. The van der Waals surface area contributed by atoms with Gasteiger partial charge in [0.15, 0.2) is 0 Å². The van der Waals surface area contributed by atoms with Gasteiger partial charge in [-0.3, -0.25) is 0 Å². The molecule has 1 aliphatic carbocycles. The number of benzene rings is 1. The van der Waals surface area contributed by atoms with Gasteiger partial charge in [0.1, 0.15) is 0 Å². The zero-order valence-electron chi connectivity index (χ0n) is 11.2. The Morgan fingerprint density at radius 1 is 1.16 bits per heavy atom. The molecule has 0 atom stereocenters. The lowest BCUT2D eigenvalue weighted by molar-refractivity contribution is 0.302. The number of fused-ring (bicyclic) bond motifs is 1. The van der Waals surface area contributed by atoms with Crippen molar-refractivity contribution >= 4 is 11.0 Å². The molecule has 0 saturated heterocycles. The van der Waals surface area contributed by atoms with E-state index < -0.39 is 0 Å². The van der Waals surface area contributed by atoms with Crippen LogP contribution in [-0.4, -0.2) is 17.1 Å². The minimum absolute atomic E-state index is 0.186. The molecular formula is C15H19N3O. The van der Waals surface area contributed by atoms with Crippen molar-refractivity contribution in [3.05, 3.63) is 30.0 Å². The predicted octanol–water partition coefficient (Wildman–Crippen LogP) is 2.76. The monoisotopic (exact) mass is 257 g/mol. The van der Waals surface area contributed by atoms with Gasteiger partial charge >= 0.3 is 0 Å². The van der Waals surface area contributed by atoms with Crippen molar-refractivity contribution in [2.75, 3.05) is 7.11 Å². The molecule has 19 heavy (non-hydrogen) atoms. The lowest BCUT2D eigenvalue weighted by atomic mass is 9.77. The number of nitrogens with zero attached hydrogens (tertiary/aromatic N) is 2. The van der Waals surface area contributed by atoms with E-state index in [9.17, 15) is 0 Å². The van der Waals surface area contributed by atoms with E-state index in [1.54, 1.807) is 13.3 Å². The standard InChI is InChI=1S/C15H19N3O/c1-19-14-10-17-13-9-11(5-6-12(13)18-14)15(16)7-3-2-4-8-15/h5-6,9-10H,2-4,7-8,16H2,1H3. The minimum atomic E-state index is -0.186. The van der Waals surface area contributed by atoms with Gasteiger partial charge in [-0.1, -0.05) is 25.3 Å². The van der Waals surface area contributed by atoms with Crippen molar-refractivity contribution in [3.8, 4) is 5.88 Å². The van der Waals surface area contributed by atoms with Gasteiger partial charge < -0.3 is 10.5 Å². The van der Waals surface area contributed by atoms with Crippen LogP contribution in [0.1, 0.15) is 37.7 Å². The van der Waals surface area contributed by atoms with Crippen molar-refractivity contribution in [3.63, 3.8) is 0 Å². The summed E-state index contributed by atoms with van der Waals surface area (Å²) < 4.78 is 5.09. The Labute approximate surface area is 113 Å². The van der Waals surface area contributed by atoms with Gasteiger partial charge in [-0.2, -0.15) is 0 Å². The second-order valence-electron chi connectivity index (χ2n) is 5.33. The molecule has 1 saturated carbocycles. The molecule has 0 spiro atoms. The van der Waals surface area contributed by atoms with Crippen molar-refractivity contribution in [1.29, 1.82) is 0 Å². The van der Waals surface area contributed by atoms with Gasteiger partial charge in [-0.05, 0) is 30.5 Å². The van der Waals surface area contributed by atoms with Crippen LogP contribution in [-0.2, 0) is 5.54 Å². The fraction of sp³-hybridized carbons (Fsp3) is 0.467. The first kappa shape index (κ1) is 12.4. The molecule has 0 unspecified atom stereocenters. The summed E-state index contributed by atoms with van der Waals surface area (Å²) in [5.74, 6) is 0.542. The fourth-order valence-corrected chi connectivity index (χ4v) is 2.87. The summed E-state index contributed by atoms with van der Waals surface area (Å²) in [4.78, 5) is 8.77. The number of ether oxygens (including phenoxy) is 1. The Balaban J connectivity index is 2.01. The summed E-state index contributed by atoms with van der Waals surface area (Å²) in [5, 5.41) is 0. The average Bonchev–Trinajstić information content (AvgIpc) is 2.47. The van der Waals surface area contributed by atoms with Gasteiger partial charge in [0, 0.05) is 5.54 Å². The van der Waals surface area contributed by atoms with Crippen LogP contribution in [0.4, 0.5) is 0 Å². The maximum atomic E-state index is 6.55. The first-order valence-corrected chi connectivity index (χ1v) is 6.81. The normalized spacial score (nSPS) is 18.4. The van der Waals surface area contributed by atoms with Crippen molar-refractivity contribution in [1.82, 2.24) is 9.97 Å². The highest BCUT2D eigenvalue weighted by Crippen LogP contribution is 2.35. The summed E-state index contributed by atoms with van der Waals surface area (Å²) >= 11 is 0. The topological polar surface area (TPSA) is 61.0 Å². The van der Waals surface area contributed by atoms with E-state index in [0.717, 1.165) is 23.9 Å². The predicted molar refractivity (Wildman–Crippen MR) is 75.0 cm³/mol. The molecule has 0 aliphatic heterocycles. The summed E-state index contributed by atoms with van der Waals surface area (Å²) in [6.45, 7) is 0. The number of hydrogen-bond acceptors (Lipinski definition) is 4. The number of rotatable bonds is 2. The van der Waals surface area contributed by atoms with Gasteiger partial charge in [-0.25, -0.2) is 9.97 Å². The summed E-state index contributed by atoms with van der Waals surface area (Å²) in [6.07, 6.45) is 7.48. The van der Waals surface area contributed by atoms with Gasteiger partial charge in [0.05, 0.1) is 24.3 Å². The second kappa shape index (κ2) is 4.78.